The van der Waals surface area contributed by atoms with Gasteiger partial charge in [0.1, 0.15) is 5.75 Å². The zero-order valence-electron chi connectivity index (χ0n) is 16.8. The number of nitrogens with zero attached hydrogens (tertiary/aromatic N) is 1. The van der Waals surface area contributed by atoms with Crippen molar-refractivity contribution in [1.82, 2.24) is 4.57 Å². The van der Waals surface area contributed by atoms with Crippen LogP contribution in [0.3, 0.4) is 0 Å². The SMILES string of the molecule is CC.COc1ccc(/C=C/c2cc3ccccc3n2Cc2ccccc2)cc1. The molecule has 0 atom stereocenters. The van der Waals surface area contributed by atoms with Gasteiger partial charge in [0, 0.05) is 23.1 Å². The van der Waals surface area contributed by atoms with Crippen molar-refractivity contribution in [1.29, 1.82) is 0 Å². The van der Waals surface area contributed by atoms with Crippen LogP contribution in [0.5, 0.6) is 5.75 Å². The van der Waals surface area contributed by atoms with Gasteiger partial charge in [0.25, 0.3) is 0 Å². The zero-order valence-corrected chi connectivity index (χ0v) is 16.8. The van der Waals surface area contributed by atoms with Crippen molar-refractivity contribution in [3.8, 4) is 5.75 Å². The summed E-state index contributed by atoms with van der Waals surface area (Å²) in [6.07, 6.45) is 4.33. The number of ether oxygens (including phenoxy) is 1. The van der Waals surface area contributed by atoms with Crippen molar-refractivity contribution >= 4 is 23.1 Å². The summed E-state index contributed by atoms with van der Waals surface area (Å²) in [6, 6.07) is 29.5. The molecule has 0 radical (unpaired) electrons. The summed E-state index contributed by atoms with van der Waals surface area (Å²) in [5.41, 5.74) is 4.91. The van der Waals surface area contributed by atoms with Crippen molar-refractivity contribution in [2.45, 2.75) is 20.4 Å². The predicted molar refractivity (Wildman–Crippen MR) is 121 cm³/mol. The minimum absolute atomic E-state index is 0.858. The lowest BCUT2D eigenvalue weighted by atomic mass is 10.2. The Kier molecular flexibility index (Phi) is 6.69. The molecule has 0 aliphatic carbocycles. The van der Waals surface area contributed by atoms with Crippen LogP contribution in [0.4, 0.5) is 0 Å². The number of aromatic nitrogens is 1. The Morgan fingerprint density at radius 1 is 0.786 bits per heavy atom. The Bertz CT molecular complexity index is 1030. The van der Waals surface area contributed by atoms with Crippen LogP contribution >= 0.6 is 0 Å². The summed E-state index contributed by atoms with van der Waals surface area (Å²) in [4.78, 5) is 0. The summed E-state index contributed by atoms with van der Waals surface area (Å²) >= 11 is 0. The van der Waals surface area contributed by atoms with Gasteiger partial charge in [0.05, 0.1) is 7.11 Å². The molecule has 0 bridgehead atoms. The summed E-state index contributed by atoms with van der Waals surface area (Å²) in [5.74, 6) is 0.875. The summed E-state index contributed by atoms with van der Waals surface area (Å²) < 4.78 is 7.59. The molecule has 4 rings (SSSR count). The number of benzene rings is 3. The van der Waals surface area contributed by atoms with Crippen LogP contribution < -0.4 is 4.74 Å². The first-order chi connectivity index (χ1) is 13.8. The normalized spacial score (nSPS) is 10.7. The Hall–Kier alpha value is -3.26. The quantitative estimate of drug-likeness (QED) is 0.373. The smallest absolute Gasteiger partial charge is 0.118 e. The molecule has 0 unspecified atom stereocenters. The minimum atomic E-state index is 0.858. The lowest BCUT2D eigenvalue weighted by Gasteiger charge is -2.09. The van der Waals surface area contributed by atoms with Gasteiger partial charge in [-0.15, -0.1) is 0 Å². The van der Waals surface area contributed by atoms with Gasteiger partial charge in [-0.3, -0.25) is 0 Å². The average Bonchev–Trinajstić information content (AvgIpc) is 3.12. The van der Waals surface area contributed by atoms with Crippen molar-refractivity contribution in [2.75, 3.05) is 7.11 Å². The molecule has 0 amide bonds. The van der Waals surface area contributed by atoms with Crippen LogP contribution in [-0.2, 0) is 6.54 Å². The molecule has 2 heteroatoms. The highest BCUT2D eigenvalue weighted by atomic mass is 16.5. The third kappa shape index (κ3) is 4.52. The highest BCUT2D eigenvalue weighted by Crippen LogP contribution is 2.23. The van der Waals surface area contributed by atoms with Crippen LogP contribution in [0.15, 0.2) is 84.9 Å². The number of hydrogen-bond acceptors (Lipinski definition) is 1. The molecular weight excluding hydrogens is 342 g/mol. The molecule has 3 aromatic carbocycles. The van der Waals surface area contributed by atoms with Crippen LogP contribution in [0.2, 0.25) is 0 Å². The first kappa shape index (κ1) is 19.5. The van der Waals surface area contributed by atoms with E-state index in [-0.39, 0.29) is 0 Å². The van der Waals surface area contributed by atoms with E-state index in [1.165, 1.54) is 22.2 Å². The standard InChI is InChI=1S/C24H21NO.C2H6/c1-26-23-15-12-19(13-16-23)11-14-22-17-21-9-5-6-10-24(21)25(22)18-20-7-3-2-4-8-20;1-2/h2-17H,18H2,1H3;1-2H3/b14-11+;. The van der Waals surface area contributed by atoms with E-state index in [1.54, 1.807) is 7.11 Å². The number of para-hydroxylation sites is 1. The van der Waals surface area contributed by atoms with E-state index in [9.17, 15) is 0 Å². The Balaban J connectivity index is 0.00000109. The maximum atomic E-state index is 5.23. The van der Waals surface area contributed by atoms with Crippen LogP contribution in [0.1, 0.15) is 30.7 Å². The van der Waals surface area contributed by atoms with Crippen molar-refractivity contribution in [3.63, 3.8) is 0 Å². The predicted octanol–water partition coefficient (Wildman–Crippen LogP) is 6.89. The molecule has 0 aliphatic heterocycles. The molecule has 0 N–H and O–H groups in total. The molecule has 142 valence electrons. The molecule has 0 spiro atoms. The first-order valence-electron chi connectivity index (χ1n) is 9.78. The molecule has 4 aromatic rings. The Labute approximate surface area is 167 Å². The van der Waals surface area contributed by atoms with E-state index < -0.39 is 0 Å². The van der Waals surface area contributed by atoms with Gasteiger partial charge >= 0.3 is 0 Å². The summed E-state index contributed by atoms with van der Waals surface area (Å²) in [5, 5.41) is 1.26. The van der Waals surface area contributed by atoms with Crippen LogP contribution in [-0.4, -0.2) is 11.7 Å². The maximum Gasteiger partial charge on any atom is 0.118 e. The Morgan fingerprint density at radius 2 is 1.46 bits per heavy atom. The average molecular weight is 370 g/mol. The van der Waals surface area contributed by atoms with Gasteiger partial charge < -0.3 is 9.30 Å². The minimum Gasteiger partial charge on any atom is -0.497 e. The fourth-order valence-corrected chi connectivity index (χ4v) is 3.21. The van der Waals surface area contributed by atoms with Crippen molar-refractivity contribution in [2.24, 2.45) is 0 Å². The molecule has 1 heterocycles. The fraction of sp³-hybridized carbons (Fsp3) is 0.154. The van der Waals surface area contributed by atoms with Gasteiger partial charge in [-0.05, 0) is 41.5 Å². The monoisotopic (exact) mass is 369 g/mol. The van der Waals surface area contributed by atoms with E-state index in [0.29, 0.717) is 0 Å². The summed E-state index contributed by atoms with van der Waals surface area (Å²) in [6.45, 7) is 4.86. The molecule has 2 nitrogen and oxygen atoms in total. The van der Waals surface area contributed by atoms with Gasteiger partial charge in [-0.1, -0.05) is 80.6 Å². The number of methoxy groups -OCH3 is 1. The second kappa shape index (κ2) is 9.61. The third-order valence-corrected chi connectivity index (χ3v) is 4.59. The maximum absolute atomic E-state index is 5.23. The van der Waals surface area contributed by atoms with Gasteiger partial charge in [0.15, 0.2) is 0 Å². The number of rotatable bonds is 5. The second-order valence-corrected chi connectivity index (χ2v) is 6.31. The lowest BCUT2D eigenvalue weighted by Crippen LogP contribution is -2.01. The molecular formula is C26H27NO. The third-order valence-electron chi connectivity index (χ3n) is 4.59. The molecule has 1 aromatic heterocycles. The summed E-state index contributed by atoms with van der Waals surface area (Å²) in [7, 11) is 1.69. The molecule has 28 heavy (non-hydrogen) atoms. The molecule has 0 fully saturated rings. The first-order valence-corrected chi connectivity index (χ1v) is 9.78. The van der Waals surface area contributed by atoms with E-state index in [4.69, 9.17) is 4.74 Å². The van der Waals surface area contributed by atoms with Gasteiger partial charge in [-0.2, -0.15) is 0 Å². The Morgan fingerprint density at radius 3 is 2.18 bits per heavy atom. The van der Waals surface area contributed by atoms with E-state index in [0.717, 1.165) is 17.9 Å². The fourth-order valence-electron chi connectivity index (χ4n) is 3.21. The molecule has 0 saturated heterocycles. The van der Waals surface area contributed by atoms with E-state index >= 15 is 0 Å². The van der Waals surface area contributed by atoms with Crippen LogP contribution in [0.25, 0.3) is 23.1 Å². The topological polar surface area (TPSA) is 14.2 Å². The second-order valence-electron chi connectivity index (χ2n) is 6.31. The van der Waals surface area contributed by atoms with Crippen LogP contribution in [0, 0.1) is 0 Å². The van der Waals surface area contributed by atoms with E-state index in [2.05, 4.69) is 89.5 Å². The molecule has 0 saturated carbocycles. The highest BCUT2D eigenvalue weighted by molar-refractivity contribution is 5.85. The van der Waals surface area contributed by atoms with Gasteiger partial charge in [0.2, 0.25) is 0 Å². The van der Waals surface area contributed by atoms with Crippen molar-refractivity contribution in [3.05, 3.63) is 102 Å². The molecule has 0 aliphatic rings. The highest BCUT2D eigenvalue weighted by Gasteiger charge is 2.07. The lowest BCUT2D eigenvalue weighted by molar-refractivity contribution is 0.415. The number of fused-ring (bicyclic) bond motifs is 1. The van der Waals surface area contributed by atoms with Gasteiger partial charge in [-0.25, -0.2) is 0 Å². The zero-order chi connectivity index (χ0) is 19.8. The van der Waals surface area contributed by atoms with E-state index in [1.807, 2.05) is 26.0 Å². The van der Waals surface area contributed by atoms with Crippen molar-refractivity contribution < 1.29 is 4.74 Å². The largest absolute Gasteiger partial charge is 0.497 e. The number of hydrogen-bond donors (Lipinski definition) is 0.